The average Bonchev–Trinajstić information content (AvgIpc) is 2.96. The molecule has 0 radical (unpaired) electrons. The Morgan fingerprint density at radius 1 is 1.47 bits per heavy atom. The van der Waals surface area contributed by atoms with Crippen LogP contribution >= 0.6 is 0 Å². The lowest BCUT2D eigenvalue weighted by Crippen LogP contribution is -2.11. The molecule has 0 amide bonds. The van der Waals surface area contributed by atoms with Crippen molar-refractivity contribution in [2.45, 2.75) is 38.5 Å². The maximum atomic E-state index is 11.3. The number of nitrogens with one attached hydrogen (secondary N) is 1. The Morgan fingerprint density at radius 2 is 2.26 bits per heavy atom. The molecule has 1 aromatic heterocycles. The van der Waals surface area contributed by atoms with Crippen molar-refractivity contribution in [1.29, 1.82) is 0 Å². The van der Waals surface area contributed by atoms with Gasteiger partial charge in [0.05, 0.1) is 7.11 Å². The van der Waals surface area contributed by atoms with E-state index in [-0.39, 0.29) is 5.82 Å². The van der Waals surface area contributed by atoms with Crippen molar-refractivity contribution in [3.05, 3.63) is 18.1 Å². The van der Waals surface area contributed by atoms with Crippen LogP contribution in [-0.4, -0.2) is 29.6 Å². The van der Waals surface area contributed by atoms with Crippen LogP contribution in [0.2, 0.25) is 0 Å². The number of ether oxygens (including phenoxy) is 1. The Bertz CT molecular complexity index is 417. The van der Waals surface area contributed by atoms with Gasteiger partial charge in [0.2, 0.25) is 5.82 Å². The molecule has 2 rings (SSSR count). The zero-order valence-electron chi connectivity index (χ0n) is 11.4. The molecular weight excluding hydrogens is 242 g/mol. The van der Waals surface area contributed by atoms with E-state index >= 15 is 0 Å². The molecule has 1 fully saturated rings. The fourth-order valence-electron chi connectivity index (χ4n) is 2.55. The summed E-state index contributed by atoms with van der Waals surface area (Å²) in [7, 11) is 1.33. The smallest absolute Gasteiger partial charge is 0.376 e. The number of carbonyl (C=O) groups is 1. The maximum Gasteiger partial charge on any atom is 0.376 e. The van der Waals surface area contributed by atoms with Gasteiger partial charge in [-0.15, -0.1) is 0 Å². The fraction of sp³-hybridized carbons (Fsp3) is 0.643. The van der Waals surface area contributed by atoms with E-state index in [0.29, 0.717) is 5.82 Å². The topological polar surface area (TPSA) is 64.1 Å². The van der Waals surface area contributed by atoms with Crippen LogP contribution in [0.1, 0.15) is 49.1 Å². The van der Waals surface area contributed by atoms with E-state index in [2.05, 4.69) is 20.0 Å². The Morgan fingerprint density at radius 3 is 3.00 bits per heavy atom. The molecule has 19 heavy (non-hydrogen) atoms. The summed E-state index contributed by atoms with van der Waals surface area (Å²) >= 11 is 0. The third-order valence-electron chi connectivity index (χ3n) is 3.59. The zero-order chi connectivity index (χ0) is 13.5. The van der Waals surface area contributed by atoms with Gasteiger partial charge in [-0.2, -0.15) is 0 Å². The van der Waals surface area contributed by atoms with Crippen molar-refractivity contribution >= 4 is 11.8 Å². The molecule has 5 heteroatoms. The van der Waals surface area contributed by atoms with Crippen molar-refractivity contribution in [2.24, 2.45) is 5.92 Å². The largest absolute Gasteiger partial charge is 0.463 e. The van der Waals surface area contributed by atoms with Crippen LogP contribution in [0.4, 0.5) is 5.82 Å². The zero-order valence-corrected chi connectivity index (χ0v) is 11.4. The second-order valence-corrected chi connectivity index (χ2v) is 4.98. The standard InChI is InChI=1S/C14H21N3O2/c1-19-14(18)13-16-10-8-12(17-13)15-9-4-7-11-5-2-3-6-11/h8,10-11H,2-7,9H2,1H3,(H,15,16,17). The van der Waals surface area contributed by atoms with Gasteiger partial charge in [0.25, 0.3) is 0 Å². The molecule has 0 aliphatic heterocycles. The summed E-state index contributed by atoms with van der Waals surface area (Å²) in [5.74, 6) is 1.19. The van der Waals surface area contributed by atoms with Gasteiger partial charge >= 0.3 is 5.97 Å². The van der Waals surface area contributed by atoms with Gasteiger partial charge in [0.15, 0.2) is 0 Å². The fourth-order valence-corrected chi connectivity index (χ4v) is 2.55. The second kappa shape index (κ2) is 7.07. The molecule has 1 aliphatic rings. The van der Waals surface area contributed by atoms with Gasteiger partial charge in [-0.25, -0.2) is 14.8 Å². The molecule has 0 unspecified atom stereocenters. The van der Waals surface area contributed by atoms with Crippen LogP contribution < -0.4 is 5.32 Å². The number of carbonyl (C=O) groups excluding carboxylic acids is 1. The van der Waals surface area contributed by atoms with Gasteiger partial charge in [0, 0.05) is 12.7 Å². The van der Waals surface area contributed by atoms with Crippen LogP contribution in [0.3, 0.4) is 0 Å². The summed E-state index contributed by atoms with van der Waals surface area (Å²) in [5, 5.41) is 3.23. The lowest BCUT2D eigenvalue weighted by molar-refractivity contribution is 0.0587. The van der Waals surface area contributed by atoms with E-state index < -0.39 is 5.97 Å². The molecular formula is C14H21N3O2. The molecule has 1 aromatic rings. The minimum Gasteiger partial charge on any atom is -0.463 e. The molecule has 5 nitrogen and oxygen atoms in total. The summed E-state index contributed by atoms with van der Waals surface area (Å²) in [5.41, 5.74) is 0. The van der Waals surface area contributed by atoms with Crippen molar-refractivity contribution < 1.29 is 9.53 Å². The second-order valence-electron chi connectivity index (χ2n) is 4.98. The predicted octanol–water partition coefficient (Wildman–Crippen LogP) is 2.65. The highest BCUT2D eigenvalue weighted by Crippen LogP contribution is 2.28. The van der Waals surface area contributed by atoms with Crippen LogP contribution in [0.25, 0.3) is 0 Å². The third-order valence-corrected chi connectivity index (χ3v) is 3.59. The van der Waals surface area contributed by atoms with Crippen LogP contribution in [-0.2, 0) is 4.74 Å². The summed E-state index contributed by atoms with van der Waals surface area (Å²) in [6.07, 6.45) is 9.56. The van der Waals surface area contributed by atoms with Gasteiger partial charge in [-0.3, -0.25) is 0 Å². The Kier molecular flexibility index (Phi) is 5.12. The normalized spacial score (nSPS) is 15.4. The molecule has 1 saturated carbocycles. The van der Waals surface area contributed by atoms with Crippen molar-refractivity contribution in [3.63, 3.8) is 0 Å². The highest BCUT2D eigenvalue weighted by atomic mass is 16.5. The first-order chi connectivity index (χ1) is 9.29. The van der Waals surface area contributed by atoms with E-state index in [1.807, 2.05) is 0 Å². The third kappa shape index (κ3) is 4.19. The minimum absolute atomic E-state index is 0.100. The number of hydrogen-bond acceptors (Lipinski definition) is 5. The molecule has 104 valence electrons. The highest BCUT2D eigenvalue weighted by molar-refractivity contribution is 5.85. The SMILES string of the molecule is COC(=O)c1nccc(NCCCC2CCCC2)n1. The quantitative estimate of drug-likeness (QED) is 0.631. The number of nitrogens with zero attached hydrogens (tertiary/aromatic N) is 2. The number of aromatic nitrogens is 2. The number of esters is 1. The molecule has 1 aliphatic carbocycles. The molecule has 0 aromatic carbocycles. The highest BCUT2D eigenvalue weighted by Gasteiger charge is 2.14. The summed E-state index contributed by atoms with van der Waals surface area (Å²) in [6, 6.07) is 1.77. The van der Waals surface area contributed by atoms with Gasteiger partial charge in [0.1, 0.15) is 5.82 Å². The Balaban J connectivity index is 1.74. The average molecular weight is 263 g/mol. The first kappa shape index (κ1) is 13.8. The number of rotatable bonds is 6. The van der Waals surface area contributed by atoms with Crippen LogP contribution in [0.15, 0.2) is 12.3 Å². The predicted molar refractivity (Wildman–Crippen MR) is 73.1 cm³/mol. The molecule has 0 atom stereocenters. The molecule has 0 bridgehead atoms. The molecule has 1 heterocycles. The molecule has 0 spiro atoms. The molecule has 1 N–H and O–H groups in total. The van der Waals surface area contributed by atoms with E-state index in [4.69, 9.17) is 0 Å². The first-order valence-electron chi connectivity index (χ1n) is 6.95. The lowest BCUT2D eigenvalue weighted by Gasteiger charge is -2.09. The summed E-state index contributed by atoms with van der Waals surface area (Å²) in [6.45, 7) is 0.883. The molecule has 0 saturated heterocycles. The number of hydrogen-bond donors (Lipinski definition) is 1. The van der Waals surface area contributed by atoms with E-state index in [0.717, 1.165) is 18.9 Å². The minimum atomic E-state index is -0.505. The van der Waals surface area contributed by atoms with Crippen molar-refractivity contribution in [1.82, 2.24) is 9.97 Å². The van der Waals surface area contributed by atoms with Gasteiger partial charge < -0.3 is 10.1 Å². The number of methoxy groups -OCH3 is 1. The monoisotopic (exact) mass is 263 g/mol. The van der Waals surface area contributed by atoms with E-state index in [1.54, 1.807) is 12.3 Å². The van der Waals surface area contributed by atoms with Crippen LogP contribution in [0.5, 0.6) is 0 Å². The maximum absolute atomic E-state index is 11.3. The van der Waals surface area contributed by atoms with Crippen molar-refractivity contribution in [3.8, 4) is 0 Å². The van der Waals surface area contributed by atoms with Crippen LogP contribution in [0, 0.1) is 5.92 Å². The Hall–Kier alpha value is -1.65. The van der Waals surface area contributed by atoms with Crippen molar-refractivity contribution in [2.75, 3.05) is 19.0 Å². The summed E-state index contributed by atoms with van der Waals surface area (Å²) in [4.78, 5) is 19.3. The lowest BCUT2D eigenvalue weighted by atomic mass is 10.0. The van der Waals surface area contributed by atoms with Gasteiger partial charge in [-0.1, -0.05) is 25.7 Å². The Labute approximate surface area is 113 Å². The summed E-state index contributed by atoms with van der Waals surface area (Å²) < 4.78 is 4.59. The van der Waals surface area contributed by atoms with E-state index in [9.17, 15) is 4.79 Å². The van der Waals surface area contributed by atoms with E-state index in [1.165, 1.54) is 39.2 Å². The first-order valence-corrected chi connectivity index (χ1v) is 6.95. The van der Waals surface area contributed by atoms with Gasteiger partial charge in [-0.05, 0) is 24.8 Å². The number of anilines is 1.